The molecule has 9 heteroatoms. The third-order valence-electron chi connectivity index (χ3n) is 5.75. The lowest BCUT2D eigenvalue weighted by atomic mass is 10.1. The molecule has 0 unspecified atom stereocenters. The number of hydrogen-bond donors (Lipinski definition) is 1. The Morgan fingerprint density at radius 1 is 1.03 bits per heavy atom. The highest BCUT2D eigenvalue weighted by Crippen LogP contribution is 2.24. The molecule has 0 aliphatic heterocycles. The zero-order valence-corrected chi connectivity index (χ0v) is 22.0. The largest absolute Gasteiger partial charge is 0.352 e. The fourth-order valence-corrected chi connectivity index (χ4v) is 4.49. The predicted molar refractivity (Wildman–Crippen MR) is 137 cm³/mol. The fourth-order valence-electron chi connectivity index (χ4n) is 3.48. The van der Waals surface area contributed by atoms with Gasteiger partial charge in [-0.15, -0.1) is 0 Å². The summed E-state index contributed by atoms with van der Waals surface area (Å²) in [5.41, 5.74) is 2.05. The van der Waals surface area contributed by atoms with E-state index in [4.69, 9.17) is 11.6 Å². The zero-order valence-electron chi connectivity index (χ0n) is 20.4. The molecular formula is C25H34ClN3O4S. The summed E-state index contributed by atoms with van der Waals surface area (Å²) in [6.07, 6.45) is 2.44. The molecule has 7 nitrogen and oxygen atoms in total. The van der Waals surface area contributed by atoms with Crippen LogP contribution in [0.15, 0.2) is 48.5 Å². The summed E-state index contributed by atoms with van der Waals surface area (Å²) in [4.78, 5) is 27.9. The van der Waals surface area contributed by atoms with Crippen molar-refractivity contribution in [2.45, 2.75) is 59.2 Å². The van der Waals surface area contributed by atoms with E-state index in [1.165, 1.54) is 4.90 Å². The molecular weight excluding hydrogens is 474 g/mol. The van der Waals surface area contributed by atoms with Crippen LogP contribution in [0.25, 0.3) is 0 Å². The van der Waals surface area contributed by atoms with Crippen molar-refractivity contribution in [1.29, 1.82) is 0 Å². The summed E-state index contributed by atoms with van der Waals surface area (Å²) in [6, 6.07) is 13.2. The van der Waals surface area contributed by atoms with Crippen LogP contribution < -0.4 is 9.62 Å². The van der Waals surface area contributed by atoms with Crippen molar-refractivity contribution in [1.82, 2.24) is 10.2 Å². The van der Waals surface area contributed by atoms with Crippen LogP contribution in [0.3, 0.4) is 0 Å². The molecule has 0 fully saturated rings. The van der Waals surface area contributed by atoms with E-state index in [1.54, 1.807) is 43.3 Å². The first-order chi connectivity index (χ1) is 16.0. The SMILES string of the molecule is CCc1ccccc1N(CC(=O)N(Cc1ccc(Cl)cc1)[C@H](C)C(=O)N[C@H](C)CC)S(C)(=O)=O. The Kier molecular flexibility index (Phi) is 9.94. The van der Waals surface area contributed by atoms with E-state index in [0.29, 0.717) is 17.1 Å². The molecule has 2 atom stereocenters. The lowest BCUT2D eigenvalue weighted by Crippen LogP contribution is -2.52. The molecule has 0 spiro atoms. The van der Waals surface area contributed by atoms with Gasteiger partial charge >= 0.3 is 0 Å². The Morgan fingerprint density at radius 2 is 1.65 bits per heavy atom. The van der Waals surface area contributed by atoms with Crippen molar-refractivity contribution in [2.75, 3.05) is 17.1 Å². The van der Waals surface area contributed by atoms with Gasteiger partial charge in [-0.3, -0.25) is 13.9 Å². The third kappa shape index (κ3) is 7.46. The smallest absolute Gasteiger partial charge is 0.244 e. The van der Waals surface area contributed by atoms with Crippen LogP contribution in [0, 0.1) is 0 Å². The zero-order chi connectivity index (χ0) is 25.5. The first-order valence-corrected chi connectivity index (χ1v) is 13.6. The highest BCUT2D eigenvalue weighted by Gasteiger charge is 2.31. The minimum atomic E-state index is -3.76. The van der Waals surface area contributed by atoms with Crippen molar-refractivity contribution >= 4 is 39.1 Å². The van der Waals surface area contributed by atoms with Crippen LogP contribution in [0.2, 0.25) is 5.02 Å². The van der Waals surface area contributed by atoms with Gasteiger partial charge in [0, 0.05) is 17.6 Å². The second-order valence-electron chi connectivity index (χ2n) is 8.39. The molecule has 0 heterocycles. The van der Waals surface area contributed by atoms with E-state index in [2.05, 4.69) is 5.32 Å². The van der Waals surface area contributed by atoms with Gasteiger partial charge in [0.1, 0.15) is 12.6 Å². The van der Waals surface area contributed by atoms with Gasteiger partial charge in [-0.25, -0.2) is 8.42 Å². The second-order valence-corrected chi connectivity index (χ2v) is 10.7. The molecule has 0 aliphatic carbocycles. The number of rotatable bonds is 11. The van der Waals surface area contributed by atoms with Gasteiger partial charge in [0.2, 0.25) is 21.8 Å². The second kappa shape index (κ2) is 12.2. The Labute approximate surface area is 208 Å². The molecule has 0 saturated carbocycles. The van der Waals surface area contributed by atoms with E-state index in [1.807, 2.05) is 32.9 Å². The number of anilines is 1. The summed E-state index contributed by atoms with van der Waals surface area (Å²) in [6.45, 7) is 7.15. The van der Waals surface area contributed by atoms with Crippen molar-refractivity contribution in [3.8, 4) is 0 Å². The number of nitrogens with one attached hydrogen (secondary N) is 1. The molecule has 0 radical (unpaired) electrons. The number of sulfonamides is 1. The Balaban J connectivity index is 2.41. The summed E-state index contributed by atoms with van der Waals surface area (Å²) >= 11 is 5.99. The van der Waals surface area contributed by atoms with Crippen molar-refractivity contribution < 1.29 is 18.0 Å². The van der Waals surface area contributed by atoms with Crippen LogP contribution in [-0.2, 0) is 32.6 Å². The standard InChI is InChI=1S/C25H34ClN3O4S/c1-6-18(3)27-25(31)19(4)28(16-20-12-14-22(26)15-13-20)24(30)17-29(34(5,32)33)23-11-9-8-10-21(23)7-2/h8-15,18-19H,6-7,16-17H2,1-5H3,(H,27,31)/t18-,19-/m1/s1. The molecule has 186 valence electrons. The summed E-state index contributed by atoms with van der Waals surface area (Å²) < 4.78 is 26.5. The van der Waals surface area contributed by atoms with E-state index in [9.17, 15) is 18.0 Å². The number of amides is 2. The Morgan fingerprint density at radius 3 is 2.21 bits per heavy atom. The molecule has 0 aliphatic rings. The van der Waals surface area contributed by atoms with E-state index in [-0.39, 0.29) is 18.5 Å². The summed E-state index contributed by atoms with van der Waals surface area (Å²) in [7, 11) is -3.76. The lowest BCUT2D eigenvalue weighted by molar-refractivity contribution is -0.139. The number of hydrogen-bond acceptors (Lipinski definition) is 4. The molecule has 0 bridgehead atoms. The van der Waals surface area contributed by atoms with Gasteiger partial charge in [-0.2, -0.15) is 0 Å². The molecule has 34 heavy (non-hydrogen) atoms. The number of nitrogens with zero attached hydrogens (tertiary/aromatic N) is 2. The summed E-state index contributed by atoms with van der Waals surface area (Å²) in [5.74, 6) is -0.769. The molecule has 0 aromatic heterocycles. The van der Waals surface area contributed by atoms with Crippen LogP contribution >= 0.6 is 11.6 Å². The molecule has 2 rings (SSSR count). The molecule has 0 saturated heterocycles. The van der Waals surface area contributed by atoms with Gasteiger partial charge < -0.3 is 10.2 Å². The molecule has 1 N–H and O–H groups in total. The maximum absolute atomic E-state index is 13.6. The number of carbonyl (C=O) groups excluding carboxylic acids is 2. The van der Waals surface area contributed by atoms with Crippen molar-refractivity contribution in [3.63, 3.8) is 0 Å². The Hall–Kier alpha value is -2.58. The van der Waals surface area contributed by atoms with Gasteiger partial charge in [0.05, 0.1) is 11.9 Å². The number of halogens is 1. The lowest BCUT2D eigenvalue weighted by Gasteiger charge is -2.32. The van der Waals surface area contributed by atoms with E-state index < -0.39 is 28.5 Å². The molecule has 2 aromatic rings. The van der Waals surface area contributed by atoms with Gasteiger partial charge in [-0.05, 0) is 56.0 Å². The minimum absolute atomic E-state index is 0.0496. The van der Waals surface area contributed by atoms with E-state index in [0.717, 1.165) is 28.1 Å². The van der Waals surface area contributed by atoms with Gasteiger partial charge in [0.25, 0.3) is 0 Å². The van der Waals surface area contributed by atoms with Crippen LogP contribution in [0.1, 0.15) is 45.2 Å². The van der Waals surface area contributed by atoms with Crippen LogP contribution in [-0.4, -0.2) is 50.0 Å². The Bertz CT molecular complexity index is 1090. The average molecular weight is 508 g/mol. The molecule has 2 amide bonds. The normalized spacial score (nSPS) is 13.1. The monoisotopic (exact) mass is 507 g/mol. The van der Waals surface area contributed by atoms with Gasteiger partial charge in [0.15, 0.2) is 0 Å². The first-order valence-electron chi connectivity index (χ1n) is 11.4. The maximum atomic E-state index is 13.6. The number of benzene rings is 2. The number of para-hydroxylation sites is 1. The summed E-state index contributed by atoms with van der Waals surface area (Å²) in [5, 5.41) is 3.47. The van der Waals surface area contributed by atoms with E-state index >= 15 is 0 Å². The van der Waals surface area contributed by atoms with Crippen LogP contribution in [0.5, 0.6) is 0 Å². The first kappa shape index (κ1) is 27.7. The van der Waals surface area contributed by atoms with Crippen molar-refractivity contribution in [3.05, 3.63) is 64.7 Å². The predicted octanol–water partition coefficient (Wildman–Crippen LogP) is 4.00. The van der Waals surface area contributed by atoms with Gasteiger partial charge in [-0.1, -0.05) is 55.8 Å². The number of carbonyl (C=O) groups is 2. The third-order valence-corrected chi connectivity index (χ3v) is 7.13. The average Bonchev–Trinajstić information content (AvgIpc) is 2.80. The fraction of sp³-hybridized carbons (Fsp3) is 0.440. The maximum Gasteiger partial charge on any atom is 0.244 e. The van der Waals surface area contributed by atoms with Crippen LogP contribution in [0.4, 0.5) is 5.69 Å². The topological polar surface area (TPSA) is 86.8 Å². The number of aryl methyl sites for hydroxylation is 1. The molecule has 2 aromatic carbocycles. The van der Waals surface area contributed by atoms with Crippen molar-refractivity contribution in [2.24, 2.45) is 0 Å². The highest BCUT2D eigenvalue weighted by molar-refractivity contribution is 7.92. The minimum Gasteiger partial charge on any atom is -0.352 e. The highest BCUT2D eigenvalue weighted by atomic mass is 35.5. The quantitative estimate of drug-likeness (QED) is 0.498.